The molecule has 1 saturated heterocycles. The maximum Gasteiger partial charge on any atom is 0.322 e. The van der Waals surface area contributed by atoms with Crippen molar-refractivity contribution < 1.29 is 23.5 Å². The van der Waals surface area contributed by atoms with E-state index in [0.29, 0.717) is 49.6 Å². The van der Waals surface area contributed by atoms with Crippen LogP contribution in [0, 0.1) is 5.82 Å². The molecule has 1 atom stereocenters. The number of nitrogens with one attached hydrogen (secondary N) is 1. The minimum atomic E-state index is -0.694. The van der Waals surface area contributed by atoms with Gasteiger partial charge >= 0.3 is 6.03 Å². The highest BCUT2D eigenvalue weighted by Crippen LogP contribution is 2.36. The van der Waals surface area contributed by atoms with Crippen LogP contribution in [0.15, 0.2) is 59.8 Å². The fourth-order valence-corrected chi connectivity index (χ4v) is 5.11. The number of para-hydroxylation sites is 2. The van der Waals surface area contributed by atoms with Crippen molar-refractivity contribution in [2.75, 3.05) is 57.8 Å². The zero-order valence-electron chi connectivity index (χ0n) is 20.9. The van der Waals surface area contributed by atoms with Crippen LogP contribution >= 0.6 is 0 Å². The molecule has 4 amide bonds. The quantitative estimate of drug-likeness (QED) is 0.649. The molecule has 3 aliphatic heterocycles. The summed E-state index contributed by atoms with van der Waals surface area (Å²) in [6.45, 7) is 5.02. The van der Waals surface area contributed by atoms with Crippen molar-refractivity contribution in [3.05, 3.63) is 71.2 Å². The van der Waals surface area contributed by atoms with Crippen molar-refractivity contribution in [1.29, 1.82) is 0 Å². The number of piperazine rings is 1. The zero-order valence-corrected chi connectivity index (χ0v) is 20.9. The highest BCUT2D eigenvalue weighted by Gasteiger charge is 2.43. The second kappa shape index (κ2) is 10.1. The number of benzene rings is 2. The monoisotopic (exact) mass is 507 g/mol. The molecule has 194 valence electrons. The third-order valence-corrected chi connectivity index (χ3v) is 7.10. The number of nitrogens with zero attached hydrogens (tertiary/aromatic N) is 4. The van der Waals surface area contributed by atoms with Crippen LogP contribution in [0.4, 0.5) is 14.9 Å². The summed E-state index contributed by atoms with van der Waals surface area (Å²) >= 11 is 0. The topological polar surface area (TPSA) is 85.4 Å². The molecule has 2 aromatic carbocycles. The van der Waals surface area contributed by atoms with Crippen LogP contribution < -0.4 is 15.0 Å². The molecule has 0 bridgehead atoms. The number of carbonyl (C=O) groups excluding carboxylic acids is 3. The molecule has 10 heteroatoms. The van der Waals surface area contributed by atoms with Crippen LogP contribution in [-0.2, 0) is 9.59 Å². The summed E-state index contributed by atoms with van der Waals surface area (Å²) in [5.74, 6) is -0.00394. The maximum atomic E-state index is 13.5. The van der Waals surface area contributed by atoms with E-state index in [1.54, 1.807) is 24.1 Å². The summed E-state index contributed by atoms with van der Waals surface area (Å²) in [6, 6.07) is 12.5. The van der Waals surface area contributed by atoms with Gasteiger partial charge in [0.2, 0.25) is 5.91 Å². The first kappa shape index (κ1) is 24.6. The van der Waals surface area contributed by atoms with Crippen molar-refractivity contribution in [2.24, 2.45) is 0 Å². The molecule has 0 unspecified atom stereocenters. The standard InChI is InChI=1S/C27H30FN5O4/c1-3-37-22-7-5-4-6-20(22)31-12-14-32(15-13-31)23(34)17-33-16-21-24(26(33)35)25(29-27(36)30(21)2)18-8-10-19(28)11-9-18/h4-11,25H,3,12-17H2,1-2H3,(H,29,36)/t25-/m1/s1. The normalized spacial score (nSPS) is 19.8. The lowest BCUT2D eigenvalue weighted by molar-refractivity contribution is -0.137. The van der Waals surface area contributed by atoms with Gasteiger partial charge in [0.05, 0.1) is 36.2 Å². The summed E-state index contributed by atoms with van der Waals surface area (Å²) in [4.78, 5) is 46.0. The Kier molecular flexibility index (Phi) is 6.73. The molecule has 3 heterocycles. The number of hydrogen-bond donors (Lipinski definition) is 1. The van der Waals surface area contributed by atoms with Gasteiger partial charge in [0.25, 0.3) is 5.91 Å². The van der Waals surface area contributed by atoms with Crippen LogP contribution in [0.2, 0.25) is 0 Å². The molecule has 0 saturated carbocycles. The van der Waals surface area contributed by atoms with Gasteiger partial charge in [0.1, 0.15) is 18.1 Å². The van der Waals surface area contributed by atoms with E-state index in [9.17, 15) is 18.8 Å². The van der Waals surface area contributed by atoms with Gasteiger partial charge in [0.15, 0.2) is 0 Å². The zero-order chi connectivity index (χ0) is 26.1. The highest BCUT2D eigenvalue weighted by atomic mass is 19.1. The van der Waals surface area contributed by atoms with E-state index in [0.717, 1.165) is 11.4 Å². The van der Waals surface area contributed by atoms with Crippen molar-refractivity contribution in [3.63, 3.8) is 0 Å². The Morgan fingerprint density at radius 2 is 1.76 bits per heavy atom. The summed E-state index contributed by atoms with van der Waals surface area (Å²) in [6.07, 6.45) is 0. The molecule has 3 aliphatic rings. The first-order valence-electron chi connectivity index (χ1n) is 12.4. The van der Waals surface area contributed by atoms with E-state index < -0.39 is 11.9 Å². The Hall–Kier alpha value is -4.08. The summed E-state index contributed by atoms with van der Waals surface area (Å²) < 4.78 is 19.2. The Bertz CT molecular complexity index is 1240. The second-order valence-corrected chi connectivity index (χ2v) is 9.28. The molecular formula is C27H30FN5O4. The van der Waals surface area contributed by atoms with Crippen LogP contribution in [-0.4, -0.2) is 85.5 Å². The number of amides is 4. The fraction of sp³-hybridized carbons (Fsp3) is 0.370. The van der Waals surface area contributed by atoms with Crippen LogP contribution in [0.1, 0.15) is 18.5 Å². The van der Waals surface area contributed by atoms with E-state index in [2.05, 4.69) is 10.2 Å². The molecule has 5 rings (SSSR count). The molecule has 37 heavy (non-hydrogen) atoms. The van der Waals surface area contributed by atoms with E-state index >= 15 is 0 Å². The third kappa shape index (κ3) is 4.71. The number of rotatable bonds is 6. The molecule has 2 aromatic rings. The number of carbonyl (C=O) groups is 3. The second-order valence-electron chi connectivity index (χ2n) is 9.28. The Morgan fingerprint density at radius 1 is 1.05 bits per heavy atom. The number of halogens is 1. The van der Waals surface area contributed by atoms with Crippen molar-refractivity contribution >= 4 is 23.5 Å². The van der Waals surface area contributed by atoms with Gasteiger partial charge in [-0.15, -0.1) is 0 Å². The first-order valence-corrected chi connectivity index (χ1v) is 12.4. The molecular weight excluding hydrogens is 477 g/mol. The lowest BCUT2D eigenvalue weighted by Crippen LogP contribution is -2.51. The number of urea groups is 1. The number of likely N-dealkylation sites (N-methyl/N-ethyl adjacent to an activating group) is 1. The minimum Gasteiger partial charge on any atom is -0.492 e. The molecule has 0 radical (unpaired) electrons. The predicted molar refractivity (Wildman–Crippen MR) is 135 cm³/mol. The summed E-state index contributed by atoms with van der Waals surface area (Å²) in [7, 11) is 1.60. The van der Waals surface area contributed by atoms with Gasteiger partial charge in [-0.05, 0) is 36.8 Å². The smallest absolute Gasteiger partial charge is 0.322 e. The Morgan fingerprint density at radius 3 is 2.46 bits per heavy atom. The SMILES string of the molecule is CCOc1ccccc1N1CCN(C(=O)CN2CC3=C(C2=O)[C@@H](c2ccc(F)cc2)NC(=O)N3C)CC1. The molecule has 9 nitrogen and oxygen atoms in total. The van der Waals surface area contributed by atoms with E-state index in [-0.39, 0.29) is 30.9 Å². The van der Waals surface area contributed by atoms with Gasteiger partial charge < -0.3 is 24.8 Å². The Balaban J connectivity index is 1.25. The maximum absolute atomic E-state index is 13.5. The van der Waals surface area contributed by atoms with Gasteiger partial charge in [-0.1, -0.05) is 24.3 Å². The molecule has 0 spiro atoms. The van der Waals surface area contributed by atoms with E-state index in [1.807, 2.05) is 31.2 Å². The van der Waals surface area contributed by atoms with Crippen molar-refractivity contribution in [3.8, 4) is 5.75 Å². The molecule has 0 aromatic heterocycles. The van der Waals surface area contributed by atoms with Crippen molar-refractivity contribution in [1.82, 2.24) is 20.0 Å². The minimum absolute atomic E-state index is 0.0699. The van der Waals surface area contributed by atoms with Crippen LogP contribution in [0.5, 0.6) is 5.75 Å². The number of anilines is 1. The van der Waals surface area contributed by atoms with Gasteiger partial charge in [-0.3, -0.25) is 14.5 Å². The molecule has 1 N–H and O–H groups in total. The average Bonchev–Trinajstić information content (AvgIpc) is 3.23. The van der Waals surface area contributed by atoms with E-state index in [1.165, 1.54) is 21.9 Å². The summed E-state index contributed by atoms with van der Waals surface area (Å²) in [5, 5.41) is 2.82. The molecule has 0 aliphatic carbocycles. The fourth-order valence-electron chi connectivity index (χ4n) is 5.11. The largest absolute Gasteiger partial charge is 0.492 e. The highest BCUT2D eigenvalue weighted by molar-refractivity contribution is 6.03. The van der Waals surface area contributed by atoms with Gasteiger partial charge in [0, 0.05) is 33.2 Å². The van der Waals surface area contributed by atoms with Crippen LogP contribution in [0.25, 0.3) is 0 Å². The predicted octanol–water partition coefficient (Wildman–Crippen LogP) is 2.37. The third-order valence-electron chi connectivity index (χ3n) is 7.10. The number of ether oxygens (including phenoxy) is 1. The summed E-state index contributed by atoms with van der Waals surface area (Å²) in [5.41, 5.74) is 2.60. The average molecular weight is 508 g/mol. The first-order chi connectivity index (χ1) is 17.9. The van der Waals surface area contributed by atoms with Crippen LogP contribution in [0.3, 0.4) is 0 Å². The van der Waals surface area contributed by atoms with Gasteiger partial charge in [-0.2, -0.15) is 0 Å². The lowest BCUT2D eigenvalue weighted by atomic mass is 9.96. The van der Waals surface area contributed by atoms with Crippen molar-refractivity contribution in [2.45, 2.75) is 13.0 Å². The number of hydrogen-bond acceptors (Lipinski definition) is 5. The van der Waals surface area contributed by atoms with Gasteiger partial charge in [-0.25, -0.2) is 9.18 Å². The van der Waals surface area contributed by atoms with E-state index in [4.69, 9.17) is 4.74 Å². The Labute approximate surface area is 215 Å². The lowest BCUT2D eigenvalue weighted by Gasteiger charge is -2.37. The molecule has 1 fully saturated rings.